The highest BCUT2D eigenvalue weighted by Gasteiger charge is 2.12. The van der Waals surface area contributed by atoms with Crippen LogP contribution in [0.15, 0.2) is 36.4 Å². The maximum Gasteiger partial charge on any atom is 0.150 e. The van der Waals surface area contributed by atoms with E-state index in [0.29, 0.717) is 35.7 Å². The molecule has 0 spiro atoms. The molecule has 0 saturated heterocycles. The van der Waals surface area contributed by atoms with Gasteiger partial charge in [0.15, 0.2) is 0 Å². The van der Waals surface area contributed by atoms with Crippen molar-refractivity contribution in [2.75, 3.05) is 13.7 Å². The van der Waals surface area contributed by atoms with Crippen molar-refractivity contribution < 1.29 is 18.7 Å². The Balaban J connectivity index is 2.53. The third kappa shape index (κ3) is 3.47. The lowest BCUT2D eigenvalue weighted by atomic mass is 9.97. The zero-order chi connectivity index (χ0) is 15.2. The summed E-state index contributed by atoms with van der Waals surface area (Å²) < 4.78 is 24.7. The summed E-state index contributed by atoms with van der Waals surface area (Å²) >= 11 is 0. The van der Waals surface area contributed by atoms with E-state index in [4.69, 9.17) is 9.47 Å². The highest BCUT2D eigenvalue weighted by atomic mass is 19.1. The fraction of sp³-hybridized carbons (Fsp3) is 0.235. The van der Waals surface area contributed by atoms with Crippen molar-refractivity contribution in [1.29, 1.82) is 0 Å². The smallest absolute Gasteiger partial charge is 0.150 e. The predicted molar refractivity (Wildman–Crippen MR) is 79.1 cm³/mol. The number of hydrogen-bond acceptors (Lipinski definition) is 3. The van der Waals surface area contributed by atoms with Gasteiger partial charge in [-0.1, -0.05) is 12.1 Å². The van der Waals surface area contributed by atoms with E-state index in [0.717, 1.165) is 11.8 Å². The monoisotopic (exact) mass is 288 g/mol. The Hall–Kier alpha value is -2.20. The van der Waals surface area contributed by atoms with Gasteiger partial charge < -0.3 is 9.47 Å². The molecule has 0 bridgehead atoms. The number of methoxy groups -OCH3 is 1. The quantitative estimate of drug-likeness (QED) is 0.757. The molecule has 0 aliphatic heterocycles. The van der Waals surface area contributed by atoms with E-state index in [1.807, 2.05) is 6.92 Å². The lowest BCUT2D eigenvalue weighted by Crippen LogP contribution is -1.98. The van der Waals surface area contributed by atoms with Crippen LogP contribution in [0.1, 0.15) is 22.8 Å². The minimum atomic E-state index is -0.340. The number of benzene rings is 2. The number of rotatable bonds is 6. The van der Waals surface area contributed by atoms with Crippen molar-refractivity contribution >= 4 is 6.29 Å². The van der Waals surface area contributed by atoms with E-state index in [9.17, 15) is 9.18 Å². The molecule has 0 amide bonds. The minimum absolute atomic E-state index is 0.324. The van der Waals surface area contributed by atoms with Crippen LogP contribution in [0.5, 0.6) is 5.75 Å². The third-order valence-electron chi connectivity index (χ3n) is 3.19. The van der Waals surface area contributed by atoms with E-state index in [1.54, 1.807) is 30.3 Å². The highest BCUT2D eigenvalue weighted by Crippen LogP contribution is 2.30. The summed E-state index contributed by atoms with van der Waals surface area (Å²) in [5.41, 5.74) is 2.44. The molecule has 2 aromatic rings. The van der Waals surface area contributed by atoms with Gasteiger partial charge in [0, 0.05) is 17.7 Å². The summed E-state index contributed by atoms with van der Waals surface area (Å²) in [4.78, 5) is 10.9. The van der Waals surface area contributed by atoms with Crippen molar-refractivity contribution in [1.82, 2.24) is 0 Å². The Morgan fingerprint density at radius 2 is 1.95 bits per heavy atom. The molecule has 0 saturated carbocycles. The molecule has 0 radical (unpaired) electrons. The second-order valence-corrected chi connectivity index (χ2v) is 4.52. The lowest BCUT2D eigenvalue weighted by Gasteiger charge is -2.12. The van der Waals surface area contributed by atoms with Gasteiger partial charge in [0.25, 0.3) is 0 Å². The van der Waals surface area contributed by atoms with Crippen LogP contribution in [-0.4, -0.2) is 20.0 Å². The molecule has 0 atom stereocenters. The highest BCUT2D eigenvalue weighted by molar-refractivity contribution is 5.79. The first-order chi connectivity index (χ1) is 10.2. The number of halogens is 1. The molecule has 2 aromatic carbocycles. The molecule has 0 heterocycles. The van der Waals surface area contributed by atoms with Crippen LogP contribution in [0.3, 0.4) is 0 Å². The van der Waals surface area contributed by atoms with Crippen LogP contribution in [0.25, 0.3) is 11.1 Å². The van der Waals surface area contributed by atoms with Gasteiger partial charge >= 0.3 is 0 Å². The van der Waals surface area contributed by atoms with Crippen LogP contribution >= 0.6 is 0 Å². The van der Waals surface area contributed by atoms with E-state index in [-0.39, 0.29) is 5.82 Å². The van der Waals surface area contributed by atoms with Crippen LogP contribution in [0, 0.1) is 5.82 Å². The average Bonchev–Trinajstić information content (AvgIpc) is 2.53. The fourth-order valence-electron chi connectivity index (χ4n) is 2.12. The summed E-state index contributed by atoms with van der Waals surface area (Å²) in [6, 6.07) is 9.69. The molecule has 2 rings (SSSR count). The Labute approximate surface area is 123 Å². The number of carbonyl (C=O) groups is 1. The fourth-order valence-corrected chi connectivity index (χ4v) is 2.12. The van der Waals surface area contributed by atoms with Crippen LogP contribution in [-0.2, 0) is 11.3 Å². The van der Waals surface area contributed by atoms with Gasteiger partial charge in [0.05, 0.1) is 13.7 Å². The first-order valence-electron chi connectivity index (χ1n) is 6.69. The Kier molecular flexibility index (Phi) is 5.06. The van der Waals surface area contributed by atoms with Gasteiger partial charge in [-0.05, 0) is 42.3 Å². The van der Waals surface area contributed by atoms with Gasteiger partial charge in [-0.25, -0.2) is 4.39 Å². The topological polar surface area (TPSA) is 35.5 Å². The van der Waals surface area contributed by atoms with Gasteiger partial charge in [-0.3, -0.25) is 4.79 Å². The molecule has 0 fully saturated rings. The first kappa shape index (κ1) is 15.2. The van der Waals surface area contributed by atoms with Crippen LogP contribution in [0.2, 0.25) is 0 Å². The number of aldehydes is 1. The first-order valence-corrected chi connectivity index (χ1v) is 6.69. The molecule has 0 aliphatic carbocycles. The van der Waals surface area contributed by atoms with Crippen LogP contribution in [0.4, 0.5) is 4.39 Å². The molecule has 0 unspecified atom stereocenters. The van der Waals surface area contributed by atoms with Gasteiger partial charge in [-0.15, -0.1) is 0 Å². The number of hydrogen-bond donors (Lipinski definition) is 0. The summed E-state index contributed by atoms with van der Waals surface area (Å²) in [7, 11) is 1.54. The lowest BCUT2D eigenvalue weighted by molar-refractivity contribution is 0.112. The van der Waals surface area contributed by atoms with E-state index < -0.39 is 0 Å². The molecular weight excluding hydrogens is 271 g/mol. The molecular formula is C17H17FO3. The Bertz CT molecular complexity index is 638. The minimum Gasteiger partial charge on any atom is -0.497 e. The molecule has 0 aromatic heterocycles. The largest absolute Gasteiger partial charge is 0.497 e. The van der Waals surface area contributed by atoms with Crippen molar-refractivity contribution in [3.63, 3.8) is 0 Å². The van der Waals surface area contributed by atoms with E-state index in [1.165, 1.54) is 13.2 Å². The SMILES string of the molecule is CCOCc1cc(C=O)ccc1-c1cc(OC)ccc1F. The van der Waals surface area contributed by atoms with Gasteiger partial charge in [-0.2, -0.15) is 0 Å². The number of carbonyl (C=O) groups excluding carboxylic acids is 1. The average molecular weight is 288 g/mol. The van der Waals surface area contributed by atoms with Gasteiger partial charge in [0.1, 0.15) is 17.9 Å². The molecule has 4 heteroatoms. The van der Waals surface area contributed by atoms with Gasteiger partial charge in [0.2, 0.25) is 0 Å². The summed E-state index contributed by atoms with van der Waals surface area (Å²) in [6.45, 7) is 2.75. The Morgan fingerprint density at radius 3 is 2.62 bits per heavy atom. The van der Waals surface area contributed by atoms with Crippen molar-refractivity contribution in [2.24, 2.45) is 0 Å². The van der Waals surface area contributed by atoms with Crippen molar-refractivity contribution in [3.05, 3.63) is 53.3 Å². The Morgan fingerprint density at radius 1 is 1.14 bits per heavy atom. The molecule has 110 valence electrons. The van der Waals surface area contributed by atoms with Crippen molar-refractivity contribution in [2.45, 2.75) is 13.5 Å². The second kappa shape index (κ2) is 6.99. The summed E-state index contributed by atoms with van der Waals surface area (Å²) in [5, 5.41) is 0. The van der Waals surface area contributed by atoms with E-state index in [2.05, 4.69) is 0 Å². The number of ether oxygens (including phenoxy) is 2. The zero-order valence-corrected chi connectivity index (χ0v) is 12.1. The second-order valence-electron chi connectivity index (χ2n) is 4.52. The molecule has 21 heavy (non-hydrogen) atoms. The molecule has 0 aliphatic rings. The van der Waals surface area contributed by atoms with Crippen LogP contribution < -0.4 is 4.74 Å². The van der Waals surface area contributed by atoms with Crippen molar-refractivity contribution in [3.8, 4) is 16.9 Å². The third-order valence-corrected chi connectivity index (χ3v) is 3.19. The predicted octanol–water partition coefficient (Wildman–Crippen LogP) is 3.85. The molecule has 3 nitrogen and oxygen atoms in total. The molecule has 0 N–H and O–H groups in total. The summed E-state index contributed by atoms with van der Waals surface area (Å²) in [5.74, 6) is 0.237. The zero-order valence-electron chi connectivity index (χ0n) is 12.1. The standard InChI is InChI=1S/C17H17FO3/c1-3-21-11-13-8-12(10-19)4-6-15(13)16-9-14(20-2)5-7-17(16)18/h4-10H,3,11H2,1-2H3. The van der Waals surface area contributed by atoms with E-state index >= 15 is 0 Å². The maximum atomic E-state index is 14.1. The summed E-state index contributed by atoms with van der Waals surface area (Å²) in [6.07, 6.45) is 0.765. The normalized spacial score (nSPS) is 10.4. The maximum absolute atomic E-state index is 14.1.